The van der Waals surface area contributed by atoms with Crippen molar-refractivity contribution in [2.24, 2.45) is 0 Å². The van der Waals surface area contributed by atoms with E-state index in [-0.39, 0.29) is 17.4 Å². The SMILES string of the molecule is Cc1cc(C)c2c(C)c(C(=O)N3CCC34CCCS(=O)(=O)C4)[nH]c2c1. The van der Waals surface area contributed by atoms with E-state index in [2.05, 4.69) is 24.0 Å². The van der Waals surface area contributed by atoms with E-state index in [9.17, 15) is 13.2 Å². The first kappa shape index (κ1) is 16.6. The molecule has 2 saturated heterocycles. The Morgan fingerprint density at radius 1 is 1.20 bits per heavy atom. The van der Waals surface area contributed by atoms with Crippen molar-refractivity contribution in [1.29, 1.82) is 0 Å². The molecule has 1 atom stereocenters. The zero-order chi connectivity index (χ0) is 18.0. The number of fused-ring (bicyclic) bond motifs is 1. The molecule has 0 radical (unpaired) electrons. The van der Waals surface area contributed by atoms with Crippen molar-refractivity contribution in [3.8, 4) is 0 Å². The molecule has 2 fully saturated rings. The van der Waals surface area contributed by atoms with Crippen LogP contribution in [0, 0.1) is 20.8 Å². The van der Waals surface area contributed by atoms with Crippen LogP contribution in [0.15, 0.2) is 12.1 Å². The van der Waals surface area contributed by atoms with Crippen molar-refractivity contribution in [2.75, 3.05) is 18.1 Å². The van der Waals surface area contributed by atoms with Gasteiger partial charge in [-0.25, -0.2) is 8.42 Å². The molecule has 1 spiro atoms. The lowest BCUT2D eigenvalue weighted by molar-refractivity contribution is 0.00182. The lowest BCUT2D eigenvalue weighted by Gasteiger charge is -2.54. The van der Waals surface area contributed by atoms with Crippen molar-refractivity contribution < 1.29 is 13.2 Å². The van der Waals surface area contributed by atoms with Crippen LogP contribution in [0.2, 0.25) is 0 Å². The van der Waals surface area contributed by atoms with Crippen molar-refractivity contribution in [3.63, 3.8) is 0 Å². The van der Waals surface area contributed by atoms with E-state index in [1.54, 1.807) is 4.90 Å². The Kier molecular flexibility index (Phi) is 3.55. The van der Waals surface area contributed by atoms with Crippen LogP contribution in [0.25, 0.3) is 10.9 Å². The molecule has 0 saturated carbocycles. The zero-order valence-corrected chi connectivity index (χ0v) is 15.8. The van der Waals surface area contributed by atoms with E-state index in [4.69, 9.17) is 0 Å². The first-order valence-corrected chi connectivity index (χ1v) is 10.7. The fourth-order valence-corrected chi connectivity index (χ4v) is 6.70. The minimum atomic E-state index is -3.05. The first-order chi connectivity index (χ1) is 11.7. The van der Waals surface area contributed by atoms with E-state index in [0.29, 0.717) is 18.7 Å². The molecule has 25 heavy (non-hydrogen) atoms. The van der Waals surface area contributed by atoms with Gasteiger partial charge in [-0.2, -0.15) is 0 Å². The van der Waals surface area contributed by atoms with Gasteiger partial charge in [0.15, 0.2) is 9.84 Å². The van der Waals surface area contributed by atoms with Gasteiger partial charge in [-0.1, -0.05) is 6.07 Å². The number of likely N-dealkylation sites (tertiary alicyclic amines) is 1. The quantitative estimate of drug-likeness (QED) is 0.850. The van der Waals surface area contributed by atoms with Gasteiger partial charge in [0.1, 0.15) is 5.69 Å². The molecular weight excluding hydrogens is 336 g/mol. The molecule has 5 nitrogen and oxygen atoms in total. The normalized spacial score (nSPS) is 25.3. The number of hydrogen-bond donors (Lipinski definition) is 1. The van der Waals surface area contributed by atoms with E-state index in [1.165, 1.54) is 0 Å². The van der Waals surface area contributed by atoms with Crippen molar-refractivity contribution in [3.05, 3.63) is 34.5 Å². The van der Waals surface area contributed by atoms with Crippen LogP contribution < -0.4 is 0 Å². The first-order valence-electron chi connectivity index (χ1n) is 8.84. The van der Waals surface area contributed by atoms with E-state index < -0.39 is 15.4 Å². The van der Waals surface area contributed by atoms with Gasteiger partial charge in [-0.05, 0) is 62.8 Å². The molecule has 0 aliphatic carbocycles. The fraction of sp³-hybridized carbons (Fsp3) is 0.526. The molecule has 1 aromatic heterocycles. The maximum atomic E-state index is 13.2. The maximum Gasteiger partial charge on any atom is 0.271 e. The number of aryl methyl sites for hydroxylation is 3. The molecule has 1 amide bonds. The number of nitrogens with zero attached hydrogens (tertiary/aromatic N) is 1. The average Bonchev–Trinajstić information content (AvgIpc) is 2.82. The maximum absolute atomic E-state index is 13.2. The predicted molar refractivity (Wildman–Crippen MR) is 98.8 cm³/mol. The van der Waals surface area contributed by atoms with Gasteiger partial charge in [-0.15, -0.1) is 0 Å². The molecule has 3 heterocycles. The van der Waals surface area contributed by atoms with Gasteiger partial charge in [0.05, 0.1) is 17.0 Å². The highest BCUT2D eigenvalue weighted by Crippen LogP contribution is 2.41. The number of nitrogens with one attached hydrogen (secondary N) is 1. The summed E-state index contributed by atoms with van der Waals surface area (Å²) < 4.78 is 24.2. The van der Waals surface area contributed by atoms with Crippen molar-refractivity contribution in [2.45, 2.75) is 45.6 Å². The van der Waals surface area contributed by atoms with Crippen LogP contribution in [0.5, 0.6) is 0 Å². The molecule has 2 aliphatic rings. The van der Waals surface area contributed by atoms with Gasteiger partial charge in [0.25, 0.3) is 5.91 Å². The summed E-state index contributed by atoms with van der Waals surface area (Å²) in [4.78, 5) is 18.3. The Hall–Kier alpha value is -1.82. The highest BCUT2D eigenvalue weighted by atomic mass is 32.2. The second kappa shape index (κ2) is 5.34. The Labute approximate surface area is 148 Å². The van der Waals surface area contributed by atoms with Crippen LogP contribution in [-0.4, -0.2) is 47.8 Å². The number of amides is 1. The molecule has 6 heteroatoms. The van der Waals surface area contributed by atoms with Gasteiger partial charge >= 0.3 is 0 Å². The smallest absolute Gasteiger partial charge is 0.271 e. The van der Waals surface area contributed by atoms with Crippen LogP contribution in [0.4, 0.5) is 0 Å². The molecule has 2 aromatic rings. The largest absolute Gasteiger partial charge is 0.350 e. The minimum Gasteiger partial charge on any atom is -0.350 e. The van der Waals surface area contributed by atoms with E-state index >= 15 is 0 Å². The number of rotatable bonds is 1. The summed E-state index contributed by atoms with van der Waals surface area (Å²) in [6.07, 6.45) is 2.22. The standard InChI is InChI=1S/C19H24N2O3S/c1-12-9-13(2)16-14(3)17(20-15(16)10-12)18(22)21-7-6-19(21)5-4-8-25(23,24)11-19/h9-10,20H,4-8,11H2,1-3H3. The molecule has 2 aliphatic heterocycles. The van der Waals surface area contributed by atoms with Crippen LogP contribution in [0.1, 0.15) is 46.4 Å². The van der Waals surface area contributed by atoms with Crippen LogP contribution in [0.3, 0.4) is 0 Å². The predicted octanol–water partition coefficient (Wildman–Crippen LogP) is 2.89. The topological polar surface area (TPSA) is 70.2 Å². The third kappa shape index (κ3) is 2.49. The molecule has 134 valence electrons. The molecule has 1 N–H and O–H groups in total. The summed E-state index contributed by atoms with van der Waals surface area (Å²) in [6.45, 7) is 6.71. The van der Waals surface area contributed by atoms with Gasteiger partial charge in [0.2, 0.25) is 0 Å². The second-order valence-electron chi connectivity index (χ2n) is 7.76. The number of benzene rings is 1. The summed E-state index contributed by atoms with van der Waals surface area (Å²) in [6, 6.07) is 4.18. The molecular formula is C19H24N2O3S. The Morgan fingerprint density at radius 3 is 2.60 bits per heavy atom. The molecule has 4 rings (SSSR count). The summed E-state index contributed by atoms with van der Waals surface area (Å²) >= 11 is 0. The Balaban J connectivity index is 1.73. The monoisotopic (exact) mass is 360 g/mol. The fourth-order valence-electron chi connectivity index (χ4n) is 4.71. The van der Waals surface area contributed by atoms with Gasteiger partial charge in [0, 0.05) is 17.4 Å². The number of aromatic amines is 1. The van der Waals surface area contributed by atoms with E-state index in [1.807, 2.05) is 13.8 Å². The second-order valence-corrected chi connectivity index (χ2v) is 9.94. The minimum absolute atomic E-state index is 0.0610. The highest BCUT2D eigenvalue weighted by molar-refractivity contribution is 7.91. The van der Waals surface area contributed by atoms with Gasteiger partial charge < -0.3 is 9.88 Å². The summed E-state index contributed by atoms with van der Waals surface area (Å²) in [5.74, 6) is 0.304. The number of H-pyrrole nitrogens is 1. The molecule has 0 bridgehead atoms. The number of carbonyl (C=O) groups excluding carboxylic acids is 1. The van der Waals surface area contributed by atoms with Crippen LogP contribution >= 0.6 is 0 Å². The van der Waals surface area contributed by atoms with Crippen molar-refractivity contribution in [1.82, 2.24) is 9.88 Å². The lowest BCUT2D eigenvalue weighted by atomic mass is 9.81. The number of aromatic nitrogens is 1. The third-order valence-corrected chi connectivity index (χ3v) is 7.80. The van der Waals surface area contributed by atoms with Crippen molar-refractivity contribution >= 4 is 26.6 Å². The number of sulfone groups is 1. The summed E-state index contributed by atoms with van der Waals surface area (Å²) in [5, 5.41) is 1.10. The number of carbonyl (C=O) groups is 1. The summed E-state index contributed by atoms with van der Waals surface area (Å²) in [5.41, 5.74) is 4.36. The molecule has 1 aromatic carbocycles. The van der Waals surface area contributed by atoms with Gasteiger partial charge in [-0.3, -0.25) is 4.79 Å². The third-order valence-electron chi connectivity index (χ3n) is 5.91. The number of hydrogen-bond acceptors (Lipinski definition) is 3. The molecule has 1 unspecified atom stereocenters. The summed E-state index contributed by atoms with van der Waals surface area (Å²) in [7, 11) is -3.05. The lowest BCUT2D eigenvalue weighted by Crippen LogP contribution is -2.66. The Morgan fingerprint density at radius 2 is 1.96 bits per heavy atom. The zero-order valence-electron chi connectivity index (χ0n) is 15.0. The Bertz CT molecular complexity index is 990. The average molecular weight is 360 g/mol. The van der Waals surface area contributed by atoms with Crippen LogP contribution in [-0.2, 0) is 9.84 Å². The van der Waals surface area contributed by atoms with E-state index in [0.717, 1.165) is 40.4 Å². The highest BCUT2D eigenvalue weighted by Gasteiger charge is 2.52.